The highest BCUT2D eigenvalue weighted by Gasteiger charge is 2.13. The van der Waals surface area contributed by atoms with Gasteiger partial charge in [-0.15, -0.1) is 0 Å². The summed E-state index contributed by atoms with van der Waals surface area (Å²) < 4.78 is 1.67. The van der Waals surface area contributed by atoms with Crippen LogP contribution in [0.2, 0.25) is 0 Å². The van der Waals surface area contributed by atoms with E-state index in [1.54, 1.807) is 12.3 Å². The molecular weight excluding hydrogens is 372 g/mol. The van der Waals surface area contributed by atoms with E-state index in [0.717, 1.165) is 25.9 Å². The fourth-order valence-corrected chi connectivity index (χ4v) is 2.96. The Morgan fingerprint density at radius 3 is 2.58 bits per heavy atom. The molecule has 2 rings (SSSR count). The average Bonchev–Trinajstić information content (AvgIpc) is 2.33. The largest absolute Gasteiger partial charge is 0.320 e. The van der Waals surface area contributed by atoms with E-state index in [9.17, 15) is 4.79 Å². The summed E-state index contributed by atoms with van der Waals surface area (Å²) in [5, 5.41) is 2.91. The summed E-state index contributed by atoms with van der Waals surface area (Å²) in [6.07, 6.45) is 1.73. The van der Waals surface area contributed by atoms with Crippen LogP contribution in [0, 0.1) is 13.8 Å². The van der Waals surface area contributed by atoms with Crippen molar-refractivity contribution in [1.29, 1.82) is 0 Å². The maximum absolute atomic E-state index is 12.3. The third-order valence-corrected chi connectivity index (χ3v) is 3.91. The fraction of sp³-hybridized carbons (Fsp3) is 0.143. The van der Waals surface area contributed by atoms with Gasteiger partial charge in [0.2, 0.25) is 0 Å². The molecule has 0 saturated heterocycles. The Kier molecular flexibility index (Phi) is 4.37. The molecule has 1 N–H and O–H groups in total. The van der Waals surface area contributed by atoms with Gasteiger partial charge in [-0.3, -0.25) is 9.78 Å². The maximum Gasteiger partial charge on any atom is 0.256 e. The molecule has 3 nitrogen and oxygen atoms in total. The third-order valence-electron chi connectivity index (χ3n) is 2.76. The van der Waals surface area contributed by atoms with Gasteiger partial charge in [-0.25, -0.2) is 0 Å². The van der Waals surface area contributed by atoms with Gasteiger partial charge in [0.15, 0.2) is 0 Å². The quantitative estimate of drug-likeness (QED) is 0.830. The van der Waals surface area contributed by atoms with Crippen LogP contribution in [0.4, 0.5) is 5.69 Å². The van der Waals surface area contributed by atoms with Crippen LogP contribution in [0.25, 0.3) is 0 Å². The van der Waals surface area contributed by atoms with E-state index < -0.39 is 0 Å². The number of nitrogens with one attached hydrogen (secondary N) is 1. The Balaban J connectivity index is 2.31. The summed E-state index contributed by atoms with van der Waals surface area (Å²) in [6.45, 7) is 3.82. The Morgan fingerprint density at radius 1 is 1.21 bits per heavy atom. The first kappa shape index (κ1) is 14.2. The molecule has 0 spiro atoms. The smallest absolute Gasteiger partial charge is 0.256 e. The first-order valence-corrected chi connectivity index (χ1v) is 7.26. The average molecular weight is 384 g/mol. The number of hydrogen-bond donors (Lipinski definition) is 1. The molecule has 19 heavy (non-hydrogen) atoms. The van der Waals surface area contributed by atoms with Crippen molar-refractivity contribution in [2.75, 3.05) is 5.32 Å². The van der Waals surface area contributed by atoms with Crippen LogP contribution >= 0.6 is 31.9 Å². The fourth-order valence-electron chi connectivity index (χ4n) is 1.74. The third kappa shape index (κ3) is 3.22. The topological polar surface area (TPSA) is 42.0 Å². The van der Waals surface area contributed by atoms with E-state index in [0.29, 0.717) is 5.56 Å². The SMILES string of the molecule is Cc1ccnc(C)c1NC(=O)c1ccc(Br)cc1Br. The number of aromatic nitrogens is 1. The van der Waals surface area contributed by atoms with Crippen molar-refractivity contribution >= 4 is 43.5 Å². The summed E-state index contributed by atoms with van der Waals surface area (Å²) in [6, 6.07) is 7.32. The highest BCUT2D eigenvalue weighted by Crippen LogP contribution is 2.24. The lowest BCUT2D eigenvalue weighted by molar-refractivity contribution is 0.102. The number of carbonyl (C=O) groups excluding carboxylic acids is 1. The van der Waals surface area contributed by atoms with Gasteiger partial charge < -0.3 is 5.32 Å². The molecule has 98 valence electrons. The first-order chi connectivity index (χ1) is 8.99. The number of amides is 1. The second-order valence-electron chi connectivity index (χ2n) is 4.17. The highest BCUT2D eigenvalue weighted by atomic mass is 79.9. The van der Waals surface area contributed by atoms with Crippen LogP contribution in [0.3, 0.4) is 0 Å². The Hall–Kier alpha value is -1.20. The molecule has 5 heteroatoms. The molecule has 0 unspecified atom stereocenters. The van der Waals surface area contributed by atoms with Crippen molar-refractivity contribution in [3.63, 3.8) is 0 Å². The Morgan fingerprint density at radius 2 is 1.95 bits per heavy atom. The second kappa shape index (κ2) is 5.84. The van der Waals surface area contributed by atoms with E-state index >= 15 is 0 Å². The van der Waals surface area contributed by atoms with Gasteiger partial charge in [-0.1, -0.05) is 15.9 Å². The molecule has 0 aliphatic carbocycles. The standard InChI is InChI=1S/C14H12Br2N2O/c1-8-5-6-17-9(2)13(8)18-14(19)11-4-3-10(15)7-12(11)16/h3-7H,1-2H3,(H,18,19). The number of halogens is 2. The number of rotatable bonds is 2. The number of anilines is 1. The summed E-state index contributed by atoms with van der Waals surface area (Å²) in [5.41, 5.74) is 3.16. The summed E-state index contributed by atoms with van der Waals surface area (Å²) >= 11 is 6.76. The van der Waals surface area contributed by atoms with Crippen molar-refractivity contribution in [3.05, 3.63) is 56.2 Å². The molecule has 0 saturated carbocycles. The first-order valence-electron chi connectivity index (χ1n) is 5.67. The van der Waals surface area contributed by atoms with Gasteiger partial charge >= 0.3 is 0 Å². The van der Waals surface area contributed by atoms with E-state index in [1.807, 2.05) is 32.0 Å². The molecule has 1 amide bonds. The molecule has 2 aromatic rings. The van der Waals surface area contributed by atoms with Crippen LogP contribution < -0.4 is 5.32 Å². The zero-order chi connectivity index (χ0) is 14.0. The molecule has 0 aliphatic heterocycles. The monoisotopic (exact) mass is 382 g/mol. The molecule has 1 aromatic heterocycles. The van der Waals surface area contributed by atoms with E-state index in [-0.39, 0.29) is 5.91 Å². The normalized spacial score (nSPS) is 10.3. The van der Waals surface area contributed by atoms with Crippen LogP contribution in [-0.2, 0) is 0 Å². The molecular formula is C14H12Br2N2O. The molecule has 0 fully saturated rings. The molecule has 0 radical (unpaired) electrons. The van der Waals surface area contributed by atoms with Gasteiger partial charge in [0.05, 0.1) is 16.9 Å². The van der Waals surface area contributed by atoms with Crippen LogP contribution in [0.1, 0.15) is 21.6 Å². The molecule has 0 aliphatic rings. The van der Waals surface area contributed by atoms with Gasteiger partial charge in [-0.05, 0) is 59.6 Å². The zero-order valence-corrected chi connectivity index (χ0v) is 13.7. The van der Waals surface area contributed by atoms with Gasteiger partial charge in [0, 0.05) is 15.1 Å². The number of hydrogen-bond acceptors (Lipinski definition) is 2. The number of nitrogens with zero attached hydrogens (tertiary/aromatic N) is 1. The predicted molar refractivity (Wildman–Crippen MR) is 83.5 cm³/mol. The Bertz CT molecular complexity index is 621. The lowest BCUT2D eigenvalue weighted by Crippen LogP contribution is -2.14. The number of pyridine rings is 1. The maximum atomic E-state index is 12.3. The van der Waals surface area contributed by atoms with Gasteiger partial charge in [0.1, 0.15) is 0 Å². The van der Waals surface area contributed by atoms with Gasteiger partial charge in [-0.2, -0.15) is 0 Å². The van der Waals surface area contributed by atoms with Crippen LogP contribution in [-0.4, -0.2) is 10.9 Å². The number of aryl methyl sites for hydroxylation is 2. The summed E-state index contributed by atoms with van der Waals surface area (Å²) in [5.74, 6) is -0.154. The zero-order valence-electron chi connectivity index (χ0n) is 10.5. The number of carbonyl (C=O) groups is 1. The molecule has 1 heterocycles. The molecule has 1 aromatic carbocycles. The van der Waals surface area contributed by atoms with Crippen molar-refractivity contribution in [3.8, 4) is 0 Å². The second-order valence-corrected chi connectivity index (χ2v) is 5.94. The van der Waals surface area contributed by atoms with Gasteiger partial charge in [0.25, 0.3) is 5.91 Å². The van der Waals surface area contributed by atoms with Crippen molar-refractivity contribution in [1.82, 2.24) is 4.98 Å². The van der Waals surface area contributed by atoms with Crippen LogP contribution in [0.15, 0.2) is 39.4 Å². The summed E-state index contributed by atoms with van der Waals surface area (Å²) in [7, 11) is 0. The summed E-state index contributed by atoms with van der Waals surface area (Å²) in [4.78, 5) is 16.5. The number of benzene rings is 1. The van der Waals surface area contributed by atoms with E-state index in [1.165, 1.54) is 0 Å². The van der Waals surface area contributed by atoms with Crippen molar-refractivity contribution in [2.24, 2.45) is 0 Å². The predicted octanol–water partition coefficient (Wildman–Crippen LogP) is 4.48. The minimum Gasteiger partial charge on any atom is -0.320 e. The Labute approximate surface area is 128 Å². The lowest BCUT2D eigenvalue weighted by atomic mass is 10.1. The molecule has 0 bridgehead atoms. The minimum atomic E-state index is -0.154. The van der Waals surface area contributed by atoms with E-state index in [2.05, 4.69) is 42.2 Å². The van der Waals surface area contributed by atoms with E-state index in [4.69, 9.17) is 0 Å². The highest BCUT2D eigenvalue weighted by molar-refractivity contribution is 9.11. The molecule has 0 atom stereocenters. The minimum absolute atomic E-state index is 0.154. The van der Waals surface area contributed by atoms with Crippen molar-refractivity contribution in [2.45, 2.75) is 13.8 Å². The van der Waals surface area contributed by atoms with Crippen LogP contribution in [0.5, 0.6) is 0 Å². The van der Waals surface area contributed by atoms with Crippen molar-refractivity contribution < 1.29 is 4.79 Å². The lowest BCUT2D eigenvalue weighted by Gasteiger charge is -2.11.